The van der Waals surface area contributed by atoms with E-state index in [0.29, 0.717) is 12.1 Å². The molecule has 0 aromatic carbocycles. The maximum atomic E-state index is 11.7. The second kappa shape index (κ2) is 7.56. The van der Waals surface area contributed by atoms with E-state index in [1.54, 1.807) is 0 Å². The number of nitrogens with one attached hydrogen (secondary N) is 1. The summed E-state index contributed by atoms with van der Waals surface area (Å²) in [4.78, 5) is 14.2. The van der Waals surface area contributed by atoms with Crippen LogP contribution in [0.2, 0.25) is 0 Å². The molecule has 0 aromatic rings. The first-order valence-electron chi connectivity index (χ1n) is 8.45. The second-order valence-electron chi connectivity index (χ2n) is 6.75. The van der Waals surface area contributed by atoms with Crippen molar-refractivity contribution in [1.29, 1.82) is 0 Å². The van der Waals surface area contributed by atoms with E-state index in [1.165, 1.54) is 25.7 Å². The van der Waals surface area contributed by atoms with Crippen molar-refractivity contribution in [2.45, 2.75) is 70.1 Å². The van der Waals surface area contributed by atoms with Gasteiger partial charge < -0.3 is 20.7 Å². The summed E-state index contributed by atoms with van der Waals surface area (Å²) in [5.41, 5.74) is 5.04. The Hall–Kier alpha value is -0.650. The molecule has 1 saturated carbocycles. The molecule has 5 nitrogen and oxygen atoms in total. The predicted octanol–water partition coefficient (Wildman–Crippen LogP) is 1.26. The van der Waals surface area contributed by atoms with Crippen LogP contribution in [0.4, 0.5) is 0 Å². The van der Waals surface area contributed by atoms with Crippen molar-refractivity contribution in [3.63, 3.8) is 0 Å². The zero-order valence-electron chi connectivity index (χ0n) is 13.6. The number of hydrogen-bond acceptors (Lipinski definition) is 4. The maximum Gasteiger partial charge on any atom is 0.237 e. The predicted molar refractivity (Wildman–Crippen MR) is 84.1 cm³/mol. The Morgan fingerprint density at radius 2 is 2.19 bits per heavy atom. The molecule has 1 aliphatic carbocycles. The molecule has 122 valence electrons. The van der Waals surface area contributed by atoms with Crippen LogP contribution in [0.5, 0.6) is 0 Å². The Morgan fingerprint density at radius 1 is 1.43 bits per heavy atom. The molecule has 0 radical (unpaired) electrons. The largest absolute Gasteiger partial charge is 0.377 e. The first kappa shape index (κ1) is 16.7. The number of likely N-dealkylation sites (N-methyl/N-ethyl adjacent to an activating group) is 1. The molecule has 2 aliphatic rings. The van der Waals surface area contributed by atoms with Crippen molar-refractivity contribution in [3.8, 4) is 0 Å². The molecule has 1 saturated heterocycles. The molecule has 1 heterocycles. The number of primary amides is 1. The molecule has 1 aliphatic heterocycles. The molecule has 0 spiro atoms. The summed E-state index contributed by atoms with van der Waals surface area (Å²) < 4.78 is 5.70. The van der Waals surface area contributed by atoms with Crippen LogP contribution in [0.25, 0.3) is 0 Å². The van der Waals surface area contributed by atoms with E-state index in [2.05, 4.69) is 17.1 Å². The number of carbonyl (C=O) groups is 1. The van der Waals surface area contributed by atoms with Gasteiger partial charge in [-0.25, -0.2) is 0 Å². The van der Waals surface area contributed by atoms with Crippen molar-refractivity contribution in [2.75, 3.05) is 26.2 Å². The second-order valence-corrected chi connectivity index (χ2v) is 6.75. The highest BCUT2D eigenvalue weighted by Gasteiger charge is 2.36. The van der Waals surface area contributed by atoms with Gasteiger partial charge in [-0.2, -0.15) is 0 Å². The number of amides is 1. The average molecular weight is 297 g/mol. The number of carbonyl (C=O) groups excluding carboxylic acids is 1. The number of ether oxygens (including phenoxy) is 1. The van der Waals surface area contributed by atoms with Crippen LogP contribution in [0, 0.1) is 0 Å². The van der Waals surface area contributed by atoms with Gasteiger partial charge in [0.25, 0.3) is 0 Å². The Kier molecular flexibility index (Phi) is 6.02. The van der Waals surface area contributed by atoms with Crippen molar-refractivity contribution in [3.05, 3.63) is 0 Å². The number of rotatable bonds is 10. The summed E-state index contributed by atoms with van der Waals surface area (Å²) in [5.74, 6) is -0.225. The van der Waals surface area contributed by atoms with Crippen LogP contribution in [0.15, 0.2) is 0 Å². The molecule has 2 atom stereocenters. The summed E-state index contributed by atoms with van der Waals surface area (Å²) in [6.07, 6.45) is 6.90. The van der Waals surface area contributed by atoms with Gasteiger partial charge in [0.1, 0.15) is 0 Å². The van der Waals surface area contributed by atoms with Crippen LogP contribution < -0.4 is 11.1 Å². The van der Waals surface area contributed by atoms with Crippen LogP contribution in [-0.2, 0) is 9.53 Å². The highest BCUT2D eigenvalue weighted by atomic mass is 16.5. The molecule has 21 heavy (non-hydrogen) atoms. The van der Waals surface area contributed by atoms with Crippen LogP contribution in [0.1, 0.15) is 52.4 Å². The van der Waals surface area contributed by atoms with Gasteiger partial charge in [-0.15, -0.1) is 0 Å². The molecule has 3 N–H and O–H groups in total. The van der Waals surface area contributed by atoms with Gasteiger partial charge in [-0.3, -0.25) is 4.79 Å². The van der Waals surface area contributed by atoms with Crippen LogP contribution >= 0.6 is 0 Å². The van der Waals surface area contributed by atoms with Gasteiger partial charge in [0.05, 0.1) is 11.6 Å². The van der Waals surface area contributed by atoms with Gasteiger partial charge in [0.15, 0.2) is 0 Å². The lowest BCUT2D eigenvalue weighted by molar-refractivity contribution is -0.124. The Morgan fingerprint density at radius 3 is 2.71 bits per heavy atom. The van der Waals surface area contributed by atoms with Crippen molar-refractivity contribution in [2.24, 2.45) is 5.73 Å². The minimum absolute atomic E-state index is 0.225. The van der Waals surface area contributed by atoms with Gasteiger partial charge in [-0.05, 0) is 58.5 Å². The number of nitrogens with zero attached hydrogens (tertiary/aromatic N) is 1. The Balaban J connectivity index is 1.72. The van der Waals surface area contributed by atoms with Crippen molar-refractivity contribution >= 4 is 5.91 Å². The van der Waals surface area contributed by atoms with Gasteiger partial charge in [-0.1, -0.05) is 6.92 Å². The zero-order chi connectivity index (χ0) is 15.3. The molecular formula is C16H31N3O2. The van der Waals surface area contributed by atoms with Crippen molar-refractivity contribution < 1.29 is 9.53 Å². The minimum Gasteiger partial charge on any atom is -0.377 e. The highest BCUT2D eigenvalue weighted by molar-refractivity contribution is 5.84. The lowest BCUT2D eigenvalue weighted by Crippen LogP contribution is -2.54. The van der Waals surface area contributed by atoms with E-state index in [-0.39, 0.29) is 5.91 Å². The number of nitrogens with two attached hydrogens (primary N) is 1. The fraction of sp³-hybridized carbons (Fsp3) is 0.938. The molecule has 5 heteroatoms. The zero-order valence-corrected chi connectivity index (χ0v) is 13.6. The van der Waals surface area contributed by atoms with E-state index >= 15 is 0 Å². The lowest BCUT2D eigenvalue weighted by Gasteiger charge is -2.29. The third kappa shape index (κ3) is 5.24. The monoisotopic (exact) mass is 297 g/mol. The summed E-state index contributed by atoms with van der Waals surface area (Å²) in [5, 5.41) is 3.41. The highest BCUT2D eigenvalue weighted by Crippen LogP contribution is 2.25. The van der Waals surface area contributed by atoms with Crippen LogP contribution in [0.3, 0.4) is 0 Å². The SMILES string of the molecule is CCN(CCCC(C)(NC1CC1)C(N)=O)CC1CCCO1. The Bertz CT molecular complexity index is 340. The lowest BCUT2D eigenvalue weighted by atomic mass is 9.94. The maximum absolute atomic E-state index is 11.7. The standard InChI is InChI=1S/C16H31N3O2/c1-3-19(12-14-6-4-11-21-14)10-5-9-16(2,15(17)20)18-13-7-8-13/h13-14,18H,3-12H2,1-2H3,(H2,17,20). The quantitative estimate of drug-likeness (QED) is 0.637. The van der Waals surface area contributed by atoms with E-state index in [1.807, 2.05) is 6.92 Å². The van der Waals surface area contributed by atoms with E-state index in [0.717, 1.165) is 39.1 Å². The first-order valence-corrected chi connectivity index (χ1v) is 8.45. The number of hydrogen-bond donors (Lipinski definition) is 2. The van der Waals surface area contributed by atoms with Crippen LogP contribution in [-0.4, -0.2) is 54.7 Å². The molecule has 0 bridgehead atoms. The third-order valence-electron chi connectivity index (χ3n) is 4.73. The minimum atomic E-state index is -0.551. The molecule has 0 aromatic heterocycles. The molecular weight excluding hydrogens is 266 g/mol. The summed E-state index contributed by atoms with van der Waals surface area (Å²) in [7, 11) is 0. The fourth-order valence-corrected chi connectivity index (χ4v) is 3.06. The molecule has 2 fully saturated rings. The smallest absolute Gasteiger partial charge is 0.237 e. The average Bonchev–Trinajstić information content (AvgIpc) is 3.10. The van der Waals surface area contributed by atoms with E-state index in [4.69, 9.17) is 10.5 Å². The van der Waals surface area contributed by atoms with Gasteiger partial charge in [0.2, 0.25) is 5.91 Å². The van der Waals surface area contributed by atoms with Gasteiger partial charge >= 0.3 is 0 Å². The van der Waals surface area contributed by atoms with E-state index < -0.39 is 5.54 Å². The molecule has 2 rings (SSSR count). The fourth-order valence-electron chi connectivity index (χ4n) is 3.06. The first-order chi connectivity index (χ1) is 10.0. The van der Waals surface area contributed by atoms with Gasteiger partial charge in [0, 0.05) is 19.2 Å². The van der Waals surface area contributed by atoms with Crippen molar-refractivity contribution in [1.82, 2.24) is 10.2 Å². The normalized spacial score (nSPS) is 25.2. The summed E-state index contributed by atoms with van der Waals surface area (Å²) in [6.45, 7) is 8.09. The third-order valence-corrected chi connectivity index (χ3v) is 4.73. The topological polar surface area (TPSA) is 67.6 Å². The summed E-state index contributed by atoms with van der Waals surface area (Å²) >= 11 is 0. The molecule has 1 amide bonds. The summed E-state index contributed by atoms with van der Waals surface area (Å²) in [6, 6.07) is 0.497. The Labute approximate surface area is 128 Å². The molecule has 2 unspecified atom stereocenters. The van der Waals surface area contributed by atoms with E-state index in [9.17, 15) is 4.79 Å².